The van der Waals surface area contributed by atoms with Crippen molar-refractivity contribution in [3.05, 3.63) is 0 Å². The Morgan fingerprint density at radius 2 is 1.71 bits per heavy atom. The standard InChI is InChI=1S/C12H24N2O3/c1-8(2)7-13-10(15)9(3)14-11(16)17-12(4,5)6/h8-9H,7H2,1-6H3,(H,13,15)(H,14,16)/t9-/m1/s1. The fourth-order valence-corrected chi connectivity index (χ4v) is 1.01. The number of carbonyl (C=O) groups excluding carboxylic acids is 2. The maximum absolute atomic E-state index is 11.6. The minimum Gasteiger partial charge on any atom is -0.444 e. The van der Waals surface area contributed by atoms with E-state index in [-0.39, 0.29) is 5.91 Å². The zero-order chi connectivity index (χ0) is 13.6. The summed E-state index contributed by atoms with van der Waals surface area (Å²) in [6, 6.07) is -0.594. The van der Waals surface area contributed by atoms with Gasteiger partial charge < -0.3 is 15.4 Å². The molecule has 0 rings (SSSR count). The predicted octanol–water partition coefficient (Wildman–Crippen LogP) is 1.67. The van der Waals surface area contributed by atoms with Crippen molar-refractivity contribution in [2.45, 2.75) is 53.2 Å². The quantitative estimate of drug-likeness (QED) is 0.790. The summed E-state index contributed by atoms with van der Waals surface area (Å²) in [7, 11) is 0. The van der Waals surface area contributed by atoms with E-state index in [0.717, 1.165) is 0 Å². The fourth-order valence-electron chi connectivity index (χ4n) is 1.01. The first kappa shape index (κ1) is 15.7. The highest BCUT2D eigenvalue weighted by molar-refractivity contribution is 5.85. The summed E-state index contributed by atoms with van der Waals surface area (Å²) in [6.45, 7) is 11.6. The van der Waals surface area contributed by atoms with Gasteiger partial charge in [0.05, 0.1) is 0 Å². The first-order valence-electron chi connectivity index (χ1n) is 5.89. The second kappa shape index (κ2) is 6.47. The Bertz CT molecular complexity index is 269. The Hall–Kier alpha value is -1.26. The van der Waals surface area contributed by atoms with E-state index in [9.17, 15) is 9.59 Å². The lowest BCUT2D eigenvalue weighted by molar-refractivity contribution is -0.122. The maximum Gasteiger partial charge on any atom is 0.408 e. The molecular weight excluding hydrogens is 220 g/mol. The Morgan fingerprint density at radius 3 is 2.12 bits per heavy atom. The van der Waals surface area contributed by atoms with Crippen LogP contribution in [0.1, 0.15) is 41.5 Å². The summed E-state index contributed by atoms with van der Waals surface area (Å²) in [5.41, 5.74) is -0.557. The molecule has 100 valence electrons. The van der Waals surface area contributed by atoms with Gasteiger partial charge in [-0.1, -0.05) is 13.8 Å². The lowest BCUT2D eigenvalue weighted by Crippen LogP contribution is -2.47. The van der Waals surface area contributed by atoms with E-state index >= 15 is 0 Å². The molecule has 0 aliphatic carbocycles. The van der Waals surface area contributed by atoms with E-state index in [1.165, 1.54) is 0 Å². The van der Waals surface area contributed by atoms with Crippen LogP contribution >= 0.6 is 0 Å². The Morgan fingerprint density at radius 1 is 1.18 bits per heavy atom. The molecule has 0 aromatic rings. The second-order valence-corrected chi connectivity index (χ2v) is 5.51. The molecule has 17 heavy (non-hydrogen) atoms. The molecule has 0 aromatic heterocycles. The molecule has 0 spiro atoms. The Kier molecular flexibility index (Phi) is 5.99. The highest BCUT2D eigenvalue weighted by Crippen LogP contribution is 2.06. The van der Waals surface area contributed by atoms with Gasteiger partial charge in [-0.25, -0.2) is 4.79 Å². The van der Waals surface area contributed by atoms with Crippen LogP contribution in [0.25, 0.3) is 0 Å². The molecular formula is C12H24N2O3. The van der Waals surface area contributed by atoms with Crippen LogP contribution in [0.2, 0.25) is 0 Å². The first-order chi connectivity index (χ1) is 7.61. The molecule has 0 aliphatic heterocycles. The molecule has 0 aliphatic rings. The molecule has 5 heteroatoms. The average molecular weight is 244 g/mol. The van der Waals surface area contributed by atoms with Crippen molar-refractivity contribution >= 4 is 12.0 Å². The number of hydrogen-bond donors (Lipinski definition) is 2. The van der Waals surface area contributed by atoms with Crippen molar-refractivity contribution < 1.29 is 14.3 Å². The molecule has 5 nitrogen and oxygen atoms in total. The monoisotopic (exact) mass is 244 g/mol. The molecule has 2 amide bonds. The molecule has 0 bridgehead atoms. The summed E-state index contributed by atoms with van der Waals surface area (Å²) in [6.07, 6.45) is -0.579. The second-order valence-electron chi connectivity index (χ2n) is 5.51. The van der Waals surface area contributed by atoms with Gasteiger partial charge in [-0.15, -0.1) is 0 Å². The molecule has 1 atom stereocenters. The largest absolute Gasteiger partial charge is 0.444 e. The van der Waals surface area contributed by atoms with Crippen LogP contribution in [-0.4, -0.2) is 30.2 Å². The zero-order valence-corrected chi connectivity index (χ0v) is 11.6. The molecule has 0 aromatic carbocycles. The molecule has 0 radical (unpaired) electrons. The van der Waals surface area contributed by atoms with Gasteiger partial charge in [0.2, 0.25) is 5.91 Å². The first-order valence-corrected chi connectivity index (χ1v) is 5.89. The summed E-state index contributed by atoms with van der Waals surface area (Å²) in [5.74, 6) is 0.178. The minimum atomic E-state index is -0.594. The minimum absolute atomic E-state index is 0.204. The molecule has 0 unspecified atom stereocenters. The number of nitrogens with one attached hydrogen (secondary N) is 2. The van der Waals surface area contributed by atoms with Gasteiger partial charge in [0, 0.05) is 6.54 Å². The summed E-state index contributed by atoms with van der Waals surface area (Å²) in [4.78, 5) is 23.0. The fraction of sp³-hybridized carbons (Fsp3) is 0.833. The molecule has 0 heterocycles. The number of ether oxygens (including phenoxy) is 1. The van der Waals surface area contributed by atoms with Crippen LogP contribution in [0.5, 0.6) is 0 Å². The van der Waals surface area contributed by atoms with Crippen molar-refractivity contribution in [2.75, 3.05) is 6.54 Å². The molecule has 2 N–H and O–H groups in total. The van der Waals surface area contributed by atoms with E-state index in [1.54, 1.807) is 27.7 Å². The van der Waals surface area contributed by atoms with E-state index in [4.69, 9.17) is 4.74 Å². The van der Waals surface area contributed by atoms with E-state index in [2.05, 4.69) is 10.6 Å². The van der Waals surface area contributed by atoms with Gasteiger partial charge in [0.1, 0.15) is 11.6 Å². The van der Waals surface area contributed by atoms with E-state index in [0.29, 0.717) is 12.5 Å². The third-order valence-electron chi connectivity index (χ3n) is 1.81. The number of amides is 2. The number of carbonyl (C=O) groups is 2. The Balaban J connectivity index is 4.03. The van der Waals surface area contributed by atoms with Crippen LogP contribution in [0.15, 0.2) is 0 Å². The third kappa shape index (κ3) is 8.54. The maximum atomic E-state index is 11.6. The summed E-state index contributed by atoms with van der Waals surface area (Å²) >= 11 is 0. The highest BCUT2D eigenvalue weighted by atomic mass is 16.6. The predicted molar refractivity (Wildman–Crippen MR) is 66.7 cm³/mol. The van der Waals surface area contributed by atoms with Crippen molar-refractivity contribution in [1.82, 2.24) is 10.6 Å². The Labute approximate surface area is 103 Å². The summed E-state index contributed by atoms with van der Waals surface area (Å²) in [5, 5.41) is 5.23. The average Bonchev–Trinajstić information content (AvgIpc) is 2.10. The molecule has 0 saturated carbocycles. The lowest BCUT2D eigenvalue weighted by Gasteiger charge is -2.21. The van der Waals surface area contributed by atoms with Gasteiger partial charge in [-0.3, -0.25) is 4.79 Å². The van der Waals surface area contributed by atoms with Crippen molar-refractivity contribution in [3.8, 4) is 0 Å². The van der Waals surface area contributed by atoms with Gasteiger partial charge >= 0.3 is 6.09 Å². The van der Waals surface area contributed by atoms with Crippen LogP contribution in [0, 0.1) is 5.92 Å². The van der Waals surface area contributed by atoms with Gasteiger partial charge in [-0.2, -0.15) is 0 Å². The van der Waals surface area contributed by atoms with Crippen LogP contribution in [0.4, 0.5) is 4.79 Å². The topological polar surface area (TPSA) is 67.4 Å². The third-order valence-corrected chi connectivity index (χ3v) is 1.81. The van der Waals surface area contributed by atoms with Crippen molar-refractivity contribution in [1.29, 1.82) is 0 Å². The van der Waals surface area contributed by atoms with Crippen LogP contribution in [0.3, 0.4) is 0 Å². The van der Waals surface area contributed by atoms with E-state index < -0.39 is 17.7 Å². The van der Waals surface area contributed by atoms with Crippen molar-refractivity contribution in [3.63, 3.8) is 0 Å². The molecule has 0 saturated heterocycles. The van der Waals surface area contributed by atoms with Gasteiger partial charge in [0.25, 0.3) is 0 Å². The number of rotatable bonds is 4. The van der Waals surface area contributed by atoms with Crippen molar-refractivity contribution in [2.24, 2.45) is 5.92 Å². The van der Waals surface area contributed by atoms with Gasteiger partial charge in [-0.05, 0) is 33.6 Å². The summed E-state index contributed by atoms with van der Waals surface area (Å²) < 4.78 is 5.05. The van der Waals surface area contributed by atoms with Crippen LogP contribution in [-0.2, 0) is 9.53 Å². The number of hydrogen-bond acceptors (Lipinski definition) is 3. The lowest BCUT2D eigenvalue weighted by atomic mass is 10.2. The van der Waals surface area contributed by atoms with Gasteiger partial charge in [0.15, 0.2) is 0 Å². The SMILES string of the molecule is CC(C)CNC(=O)[C@@H](C)NC(=O)OC(C)(C)C. The molecule has 0 fully saturated rings. The normalized spacial score (nSPS) is 13.1. The smallest absolute Gasteiger partial charge is 0.408 e. The number of alkyl carbamates (subject to hydrolysis) is 1. The highest BCUT2D eigenvalue weighted by Gasteiger charge is 2.20. The van der Waals surface area contributed by atoms with Crippen LogP contribution < -0.4 is 10.6 Å². The zero-order valence-electron chi connectivity index (χ0n) is 11.6. The van der Waals surface area contributed by atoms with E-state index in [1.807, 2.05) is 13.8 Å².